The van der Waals surface area contributed by atoms with Gasteiger partial charge >= 0.3 is 0 Å². The maximum absolute atomic E-state index is 12.6. The molecule has 4 nitrogen and oxygen atoms in total. The summed E-state index contributed by atoms with van der Waals surface area (Å²) in [6.45, 7) is 8.82. The van der Waals surface area contributed by atoms with Gasteiger partial charge in [-0.25, -0.2) is 0 Å². The third kappa shape index (κ3) is 4.80. The highest BCUT2D eigenvalue weighted by Gasteiger charge is 2.26. The van der Waals surface area contributed by atoms with E-state index in [1.165, 1.54) is 6.42 Å². The van der Waals surface area contributed by atoms with Crippen molar-refractivity contribution in [1.29, 1.82) is 0 Å². The molecule has 1 aromatic heterocycles. The Morgan fingerprint density at radius 3 is 2.59 bits per heavy atom. The van der Waals surface area contributed by atoms with E-state index in [0.717, 1.165) is 57.7 Å². The molecule has 0 saturated carbocycles. The summed E-state index contributed by atoms with van der Waals surface area (Å²) >= 11 is 0. The Hall–Kier alpha value is -1.42. The maximum atomic E-state index is 12.6. The molecule has 0 N–H and O–H groups in total. The van der Waals surface area contributed by atoms with Crippen LogP contribution in [0.5, 0.6) is 0 Å². The van der Waals surface area contributed by atoms with Crippen LogP contribution in [0.3, 0.4) is 0 Å². The van der Waals surface area contributed by atoms with Gasteiger partial charge in [0.25, 0.3) is 0 Å². The SMILES string of the molecule is CCCCC(CC)C(=O)N1CCN(Cc2ccccn2)CC1. The van der Waals surface area contributed by atoms with Crippen LogP contribution < -0.4 is 0 Å². The summed E-state index contributed by atoms with van der Waals surface area (Å²) in [5, 5.41) is 0. The number of piperazine rings is 1. The molecular formula is C18H29N3O. The zero-order valence-corrected chi connectivity index (χ0v) is 14.0. The van der Waals surface area contributed by atoms with Gasteiger partial charge in [-0.15, -0.1) is 0 Å². The highest BCUT2D eigenvalue weighted by molar-refractivity contribution is 5.78. The monoisotopic (exact) mass is 303 g/mol. The molecule has 4 heteroatoms. The fourth-order valence-corrected chi connectivity index (χ4v) is 3.06. The van der Waals surface area contributed by atoms with E-state index in [2.05, 4.69) is 34.7 Å². The Bertz CT molecular complexity index is 441. The van der Waals surface area contributed by atoms with E-state index in [1.54, 1.807) is 0 Å². The van der Waals surface area contributed by atoms with Gasteiger partial charge in [0.05, 0.1) is 5.69 Å². The van der Waals surface area contributed by atoms with E-state index in [-0.39, 0.29) is 5.92 Å². The van der Waals surface area contributed by atoms with E-state index in [1.807, 2.05) is 18.3 Å². The fraction of sp³-hybridized carbons (Fsp3) is 0.667. The van der Waals surface area contributed by atoms with Gasteiger partial charge in [-0.1, -0.05) is 32.8 Å². The van der Waals surface area contributed by atoms with E-state index < -0.39 is 0 Å². The number of amides is 1. The van der Waals surface area contributed by atoms with Gasteiger partial charge in [-0.2, -0.15) is 0 Å². The van der Waals surface area contributed by atoms with Crippen molar-refractivity contribution in [2.75, 3.05) is 26.2 Å². The van der Waals surface area contributed by atoms with Gasteiger partial charge in [0.15, 0.2) is 0 Å². The fourth-order valence-electron chi connectivity index (χ4n) is 3.06. The zero-order chi connectivity index (χ0) is 15.8. The number of rotatable bonds is 7. The summed E-state index contributed by atoms with van der Waals surface area (Å²) in [6, 6.07) is 6.04. The summed E-state index contributed by atoms with van der Waals surface area (Å²) in [4.78, 5) is 21.4. The van der Waals surface area contributed by atoms with Crippen LogP contribution in [0.25, 0.3) is 0 Å². The number of hydrogen-bond acceptors (Lipinski definition) is 3. The molecule has 1 unspecified atom stereocenters. The third-order valence-electron chi connectivity index (χ3n) is 4.54. The molecule has 2 rings (SSSR count). The van der Waals surface area contributed by atoms with Crippen LogP contribution >= 0.6 is 0 Å². The van der Waals surface area contributed by atoms with Crippen LogP contribution in [0.2, 0.25) is 0 Å². The van der Waals surface area contributed by atoms with Crippen molar-refractivity contribution in [3.8, 4) is 0 Å². The van der Waals surface area contributed by atoms with Crippen molar-refractivity contribution in [2.24, 2.45) is 5.92 Å². The Kier molecular flexibility index (Phi) is 6.84. The number of aromatic nitrogens is 1. The molecule has 1 aromatic rings. The molecule has 2 heterocycles. The zero-order valence-electron chi connectivity index (χ0n) is 14.0. The van der Waals surface area contributed by atoms with Gasteiger partial charge in [-0.3, -0.25) is 14.7 Å². The summed E-state index contributed by atoms with van der Waals surface area (Å²) in [5.74, 6) is 0.593. The average molecular weight is 303 g/mol. The lowest BCUT2D eigenvalue weighted by molar-refractivity contribution is -0.137. The van der Waals surface area contributed by atoms with E-state index in [4.69, 9.17) is 0 Å². The van der Waals surface area contributed by atoms with Crippen LogP contribution in [0, 0.1) is 5.92 Å². The van der Waals surface area contributed by atoms with Crippen LogP contribution in [0.1, 0.15) is 45.2 Å². The molecule has 1 aliphatic heterocycles. The average Bonchev–Trinajstić information content (AvgIpc) is 2.57. The highest BCUT2D eigenvalue weighted by Crippen LogP contribution is 2.17. The number of carbonyl (C=O) groups excluding carboxylic acids is 1. The number of carbonyl (C=O) groups is 1. The number of pyridine rings is 1. The van der Waals surface area contributed by atoms with Crippen molar-refractivity contribution in [3.05, 3.63) is 30.1 Å². The minimum Gasteiger partial charge on any atom is -0.340 e. The molecule has 122 valence electrons. The first kappa shape index (κ1) is 16.9. The van der Waals surface area contributed by atoms with Crippen molar-refractivity contribution in [1.82, 2.24) is 14.8 Å². The van der Waals surface area contributed by atoms with Crippen LogP contribution in [-0.4, -0.2) is 46.9 Å². The minimum absolute atomic E-state index is 0.224. The van der Waals surface area contributed by atoms with Crippen molar-refractivity contribution in [3.63, 3.8) is 0 Å². The molecular weight excluding hydrogens is 274 g/mol. The summed E-state index contributed by atoms with van der Waals surface area (Å²) in [5.41, 5.74) is 1.11. The van der Waals surface area contributed by atoms with Gasteiger partial charge in [0, 0.05) is 44.8 Å². The molecule has 1 saturated heterocycles. The molecule has 0 spiro atoms. The Balaban J connectivity index is 1.79. The first-order chi connectivity index (χ1) is 10.7. The van der Waals surface area contributed by atoms with E-state index in [0.29, 0.717) is 5.91 Å². The second kappa shape index (κ2) is 8.89. The highest BCUT2D eigenvalue weighted by atomic mass is 16.2. The standard InChI is InChI=1S/C18H29N3O/c1-3-5-8-16(4-2)18(22)21-13-11-20(12-14-21)15-17-9-6-7-10-19-17/h6-7,9-10,16H,3-5,8,11-15H2,1-2H3. The molecule has 0 aromatic carbocycles. The van der Waals surface area contributed by atoms with Crippen LogP contribution in [-0.2, 0) is 11.3 Å². The maximum Gasteiger partial charge on any atom is 0.225 e. The molecule has 0 radical (unpaired) electrons. The largest absolute Gasteiger partial charge is 0.340 e. The lowest BCUT2D eigenvalue weighted by Gasteiger charge is -2.36. The quantitative estimate of drug-likeness (QED) is 0.777. The van der Waals surface area contributed by atoms with E-state index in [9.17, 15) is 4.79 Å². The van der Waals surface area contributed by atoms with Gasteiger partial charge in [0.2, 0.25) is 5.91 Å². The Morgan fingerprint density at radius 2 is 2.00 bits per heavy atom. The van der Waals surface area contributed by atoms with Gasteiger partial charge in [-0.05, 0) is 25.0 Å². The summed E-state index contributed by atoms with van der Waals surface area (Å²) < 4.78 is 0. The number of unbranched alkanes of at least 4 members (excludes halogenated alkanes) is 1. The molecule has 1 fully saturated rings. The second-order valence-corrected chi connectivity index (χ2v) is 6.17. The summed E-state index contributed by atoms with van der Waals surface area (Å²) in [7, 11) is 0. The third-order valence-corrected chi connectivity index (χ3v) is 4.54. The molecule has 1 amide bonds. The molecule has 0 aliphatic carbocycles. The first-order valence-corrected chi connectivity index (χ1v) is 8.65. The van der Waals surface area contributed by atoms with Crippen molar-refractivity contribution < 1.29 is 4.79 Å². The first-order valence-electron chi connectivity index (χ1n) is 8.65. The number of hydrogen-bond donors (Lipinski definition) is 0. The normalized spacial score (nSPS) is 17.5. The van der Waals surface area contributed by atoms with Crippen LogP contribution in [0.15, 0.2) is 24.4 Å². The lowest BCUT2D eigenvalue weighted by Crippen LogP contribution is -2.50. The van der Waals surface area contributed by atoms with Crippen LogP contribution in [0.4, 0.5) is 0 Å². The molecule has 22 heavy (non-hydrogen) atoms. The van der Waals surface area contributed by atoms with E-state index >= 15 is 0 Å². The smallest absolute Gasteiger partial charge is 0.225 e. The predicted octanol–water partition coefficient (Wildman–Crippen LogP) is 2.94. The van der Waals surface area contributed by atoms with Crippen molar-refractivity contribution >= 4 is 5.91 Å². The molecule has 1 atom stereocenters. The lowest BCUT2D eigenvalue weighted by atomic mass is 9.97. The second-order valence-electron chi connectivity index (χ2n) is 6.17. The molecule has 0 bridgehead atoms. The predicted molar refractivity (Wildman–Crippen MR) is 89.4 cm³/mol. The Labute approximate surface area is 134 Å². The minimum atomic E-state index is 0.224. The summed E-state index contributed by atoms with van der Waals surface area (Å²) in [6.07, 6.45) is 6.17. The van der Waals surface area contributed by atoms with Gasteiger partial charge in [0.1, 0.15) is 0 Å². The Morgan fingerprint density at radius 1 is 1.23 bits per heavy atom. The topological polar surface area (TPSA) is 36.4 Å². The van der Waals surface area contributed by atoms with Crippen molar-refractivity contribution in [2.45, 2.75) is 46.1 Å². The van der Waals surface area contributed by atoms with Gasteiger partial charge < -0.3 is 4.90 Å². The number of nitrogens with zero attached hydrogens (tertiary/aromatic N) is 3. The molecule has 1 aliphatic rings.